The van der Waals surface area contributed by atoms with Crippen molar-refractivity contribution < 1.29 is 33.7 Å². The van der Waals surface area contributed by atoms with Crippen molar-refractivity contribution in [3.8, 4) is 23.0 Å². The Kier molecular flexibility index (Phi) is 8.48. The molecule has 1 saturated heterocycles. The fourth-order valence-electron chi connectivity index (χ4n) is 4.25. The van der Waals surface area contributed by atoms with Gasteiger partial charge in [0.15, 0.2) is 11.5 Å². The molecule has 0 atom stereocenters. The Balaban J connectivity index is 1.24. The number of phenolic OH excluding ortho intramolecular Hbond substituents is 1. The van der Waals surface area contributed by atoms with Gasteiger partial charge in [-0.15, -0.1) is 0 Å². The molecule has 4 amide bonds. The zero-order chi connectivity index (χ0) is 29.5. The number of rotatable bonds is 10. The molecule has 1 heterocycles. The van der Waals surface area contributed by atoms with Gasteiger partial charge in [0.1, 0.15) is 30.3 Å². The molecule has 2 N–H and O–H groups in total. The zero-order valence-electron chi connectivity index (χ0n) is 22.8. The zero-order valence-corrected chi connectivity index (χ0v) is 22.8. The number of nitrogens with one attached hydrogen (secondary N) is 1. The van der Waals surface area contributed by atoms with Crippen molar-refractivity contribution in [2.75, 3.05) is 11.5 Å². The number of aromatic hydroxyl groups is 1. The molecular formula is C33H28N2O7. The summed E-state index contributed by atoms with van der Waals surface area (Å²) >= 11 is 0. The first kappa shape index (κ1) is 28.0. The van der Waals surface area contributed by atoms with Gasteiger partial charge < -0.3 is 19.3 Å². The van der Waals surface area contributed by atoms with Crippen LogP contribution in [-0.2, 0) is 22.8 Å². The van der Waals surface area contributed by atoms with Gasteiger partial charge in [-0.2, -0.15) is 0 Å². The molecule has 42 heavy (non-hydrogen) atoms. The summed E-state index contributed by atoms with van der Waals surface area (Å²) in [5.74, 6) is 0.287. The van der Waals surface area contributed by atoms with E-state index < -0.39 is 17.8 Å². The van der Waals surface area contributed by atoms with Gasteiger partial charge in [-0.3, -0.25) is 14.9 Å². The van der Waals surface area contributed by atoms with E-state index in [1.54, 1.807) is 24.3 Å². The Labute approximate surface area is 242 Å². The molecule has 0 spiro atoms. The van der Waals surface area contributed by atoms with Crippen LogP contribution in [0, 0.1) is 0 Å². The highest BCUT2D eigenvalue weighted by Crippen LogP contribution is 2.30. The minimum atomic E-state index is -0.861. The van der Waals surface area contributed by atoms with Gasteiger partial charge in [-0.05, 0) is 78.2 Å². The number of urea groups is 1. The SMILES string of the molecule is CCOc1cc(COc2ccc(/C=C3/C(=O)NC(=O)N(c4ccc(O)cc4)C3=O)cc2)ccc1OCc1ccccc1. The number of ether oxygens (including phenoxy) is 3. The fourth-order valence-corrected chi connectivity index (χ4v) is 4.25. The van der Waals surface area contributed by atoms with Gasteiger partial charge in [-0.1, -0.05) is 48.5 Å². The second-order valence-corrected chi connectivity index (χ2v) is 9.32. The Hall–Kier alpha value is -5.57. The van der Waals surface area contributed by atoms with Crippen LogP contribution in [0.15, 0.2) is 103 Å². The van der Waals surface area contributed by atoms with Gasteiger partial charge in [0.25, 0.3) is 11.8 Å². The van der Waals surface area contributed by atoms with Gasteiger partial charge in [0.2, 0.25) is 0 Å². The van der Waals surface area contributed by atoms with Gasteiger partial charge in [-0.25, -0.2) is 9.69 Å². The van der Waals surface area contributed by atoms with Crippen molar-refractivity contribution in [3.63, 3.8) is 0 Å². The van der Waals surface area contributed by atoms with Crippen LogP contribution in [0.2, 0.25) is 0 Å². The van der Waals surface area contributed by atoms with Crippen molar-refractivity contribution in [2.24, 2.45) is 0 Å². The molecule has 0 bridgehead atoms. The number of carbonyl (C=O) groups is 3. The summed E-state index contributed by atoms with van der Waals surface area (Å²) in [4.78, 5) is 38.7. The molecule has 212 valence electrons. The van der Waals surface area contributed by atoms with Crippen LogP contribution in [0.25, 0.3) is 6.08 Å². The lowest BCUT2D eigenvalue weighted by molar-refractivity contribution is -0.122. The van der Waals surface area contributed by atoms with Crippen LogP contribution < -0.4 is 24.4 Å². The van der Waals surface area contributed by atoms with Crippen LogP contribution in [0.4, 0.5) is 10.5 Å². The molecule has 1 aliphatic heterocycles. The average molecular weight is 565 g/mol. The molecule has 0 unspecified atom stereocenters. The largest absolute Gasteiger partial charge is 0.508 e. The third kappa shape index (κ3) is 6.59. The van der Waals surface area contributed by atoms with Crippen LogP contribution >= 0.6 is 0 Å². The molecule has 0 saturated carbocycles. The number of hydrogen-bond acceptors (Lipinski definition) is 7. The van der Waals surface area contributed by atoms with E-state index in [4.69, 9.17) is 14.2 Å². The molecule has 9 heteroatoms. The Morgan fingerprint density at radius 2 is 1.48 bits per heavy atom. The Morgan fingerprint density at radius 3 is 2.19 bits per heavy atom. The number of benzene rings is 4. The van der Waals surface area contributed by atoms with Gasteiger partial charge >= 0.3 is 6.03 Å². The molecule has 0 aliphatic carbocycles. The predicted octanol–water partition coefficient (Wildman–Crippen LogP) is 5.62. The van der Waals surface area contributed by atoms with Crippen LogP contribution in [0.3, 0.4) is 0 Å². The van der Waals surface area contributed by atoms with E-state index in [2.05, 4.69) is 5.32 Å². The minimum absolute atomic E-state index is 0.0163. The third-order valence-electron chi connectivity index (χ3n) is 6.35. The maximum absolute atomic E-state index is 13.0. The number of phenols is 1. The maximum Gasteiger partial charge on any atom is 0.335 e. The van der Waals surface area contributed by atoms with Crippen molar-refractivity contribution in [3.05, 3.63) is 119 Å². The number of anilines is 1. The summed E-state index contributed by atoms with van der Waals surface area (Å²) in [7, 11) is 0. The first-order valence-electron chi connectivity index (χ1n) is 13.3. The van der Waals surface area contributed by atoms with E-state index in [9.17, 15) is 19.5 Å². The van der Waals surface area contributed by atoms with Crippen molar-refractivity contribution in [2.45, 2.75) is 20.1 Å². The maximum atomic E-state index is 13.0. The summed E-state index contributed by atoms with van der Waals surface area (Å²) in [6, 6.07) is 27.1. The molecule has 5 rings (SSSR count). The fraction of sp³-hybridized carbons (Fsp3) is 0.121. The molecule has 9 nitrogen and oxygen atoms in total. The summed E-state index contributed by atoms with van der Waals surface area (Å²) in [5.41, 5.74) is 2.54. The number of hydrogen-bond donors (Lipinski definition) is 2. The van der Waals surface area contributed by atoms with Crippen molar-refractivity contribution in [1.82, 2.24) is 5.32 Å². The topological polar surface area (TPSA) is 114 Å². The van der Waals surface area contributed by atoms with E-state index in [1.165, 1.54) is 30.3 Å². The Morgan fingerprint density at radius 1 is 0.762 bits per heavy atom. The third-order valence-corrected chi connectivity index (χ3v) is 6.35. The summed E-state index contributed by atoms with van der Waals surface area (Å²) in [6.45, 7) is 3.11. The lowest BCUT2D eigenvalue weighted by Gasteiger charge is -2.26. The first-order valence-corrected chi connectivity index (χ1v) is 13.3. The molecule has 0 radical (unpaired) electrons. The van der Waals surface area contributed by atoms with E-state index in [1.807, 2.05) is 55.5 Å². The first-order chi connectivity index (χ1) is 20.4. The minimum Gasteiger partial charge on any atom is -0.508 e. The highest BCUT2D eigenvalue weighted by molar-refractivity contribution is 6.39. The second kappa shape index (κ2) is 12.7. The number of carbonyl (C=O) groups excluding carboxylic acids is 3. The molecule has 1 fully saturated rings. The standard InChI is InChI=1S/C33H28N2O7/c1-2-40-30-19-24(10-17-29(30)42-20-23-6-4-3-5-7-23)21-41-27-15-8-22(9-16-27)18-28-31(37)34-33(39)35(32(28)38)25-11-13-26(36)14-12-25/h3-19,36H,2,20-21H2,1H3,(H,34,37,39)/b28-18-. The lowest BCUT2D eigenvalue weighted by atomic mass is 10.1. The number of imide groups is 2. The van der Waals surface area contributed by atoms with Crippen LogP contribution in [0.5, 0.6) is 23.0 Å². The van der Waals surface area contributed by atoms with E-state index in [0.717, 1.165) is 16.0 Å². The second-order valence-electron chi connectivity index (χ2n) is 9.32. The van der Waals surface area contributed by atoms with Crippen molar-refractivity contribution >= 4 is 29.6 Å². The lowest BCUT2D eigenvalue weighted by Crippen LogP contribution is -2.54. The highest BCUT2D eigenvalue weighted by Gasteiger charge is 2.36. The molecule has 4 aromatic rings. The number of barbiturate groups is 1. The van der Waals surface area contributed by atoms with Crippen LogP contribution in [-0.4, -0.2) is 29.6 Å². The van der Waals surface area contributed by atoms with E-state index in [-0.39, 0.29) is 23.6 Å². The monoisotopic (exact) mass is 564 g/mol. The van der Waals surface area contributed by atoms with E-state index >= 15 is 0 Å². The number of nitrogens with zero attached hydrogens (tertiary/aromatic N) is 1. The number of amides is 4. The van der Waals surface area contributed by atoms with E-state index in [0.29, 0.717) is 36.0 Å². The Bertz CT molecular complexity index is 1610. The highest BCUT2D eigenvalue weighted by atomic mass is 16.5. The van der Waals surface area contributed by atoms with Gasteiger partial charge in [0.05, 0.1) is 12.3 Å². The molecule has 0 aromatic heterocycles. The average Bonchev–Trinajstić information content (AvgIpc) is 3.00. The summed E-state index contributed by atoms with van der Waals surface area (Å²) in [5, 5.41) is 11.7. The van der Waals surface area contributed by atoms with Gasteiger partial charge in [0, 0.05) is 0 Å². The normalized spacial score (nSPS) is 14.1. The quantitative estimate of drug-likeness (QED) is 0.190. The molecule has 1 aliphatic rings. The molecule has 4 aromatic carbocycles. The summed E-state index contributed by atoms with van der Waals surface area (Å²) < 4.78 is 17.7. The molecular weight excluding hydrogens is 536 g/mol. The van der Waals surface area contributed by atoms with Crippen molar-refractivity contribution in [1.29, 1.82) is 0 Å². The smallest absolute Gasteiger partial charge is 0.335 e. The predicted molar refractivity (Wildman–Crippen MR) is 156 cm³/mol. The summed E-state index contributed by atoms with van der Waals surface area (Å²) in [6.07, 6.45) is 1.41. The van der Waals surface area contributed by atoms with Crippen LogP contribution in [0.1, 0.15) is 23.6 Å².